The molecule has 1 aromatic heterocycles. The topological polar surface area (TPSA) is 54.9 Å². The standard InChI is InChI=1S/C19H29N3O3/c1-5-25-16-13-15(19(16,2)3)21(4)18(23)14-7-6-8-20-17(14)22-9-11-24-12-10-22/h6-8,15-16H,5,9-13H2,1-4H3. The normalized spacial score (nSPS) is 25.4. The summed E-state index contributed by atoms with van der Waals surface area (Å²) in [5, 5.41) is 0. The van der Waals surface area contributed by atoms with E-state index in [1.54, 1.807) is 6.20 Å². The maximum absolute atomic E-state index is 13.2. The van der Waals surface area contributed by atoms with Crippen molar-refractivity contribution in [3.63, 3.8) is 0 Å². The Labute approximate surface area is 150 Å². The summed E-state index contributed by atoms with van der Waals surface area (Å²) in [6, 6.07) is 3.89. The number of amides is 1. The zero-order valence-electron chi connectivity index (χ0n) is 15.7. The number of pyridine rings is 1. The van der Waals surface area contributed by atoms with E-state index in [9.17, 15) is 4.79 Å². The highest BCUT2D eigenvalue weighted by molar-refractivity contribution is 5.99. The Bertz CT molecular complexity index is 614. The minimum absolute atomic E-state index is 0.0302. The maximum Gasteiger partial charge on any atom is 0.257 e. The van der Waals surface area contributed by atoms with Gasteiger partial charge in [-0.1, -0.05) is 13.8 Å². The number of rotatable bonds is 5. The Balaban J connectivity index is 1.77. The van der Waals surface area contributed by atoms with Crippen LogP contribution < -0.4 is 4.90 Å². The molecule has 25 heavy (non-hydrogen) atoms. The number of nitrogens with zero attached hydrogens (tertiary/aromatic N) is 3. The molecule has 2 fully saturated rings. The van der Waals surface area contributed by atoms with Crippen molar-refractivity contribution in [3.05, 3.63) is 23.9 Å². The number of hydrogen-bond donors (Lipinski definition) is 0. The lowest BCUT2D eigenvalue weighted by atomic mass is 9.63. The molecule has 2 atom stereocenters. The number of aromatic nitrogens is 1. The van der Waals surface area contributed by atoms with E-state index in [2.05, 4.69) is 23.7 Å². The van der Waals surface area contributed by atoms with Gasteiger partial charge in [0.25, 0.3) is 5.91 Å². The average Bonchev–Trinajstić information content (AvgIpc) is 2.64. The molecule has 0 bridgehead atoms. The molecule has 0 aromatic carbocycles. The zero-order valence-corrected chi connectivity index (χ0v) is 15.7. The van der Waals surface area contributed by atoms with E-state index in [0.717, 1.165) is 25.3 Å². The fraction of sp³-hybridized carbons (Fsp3) is 0.684. The predicted octanol–water partition coefficient (Wildman–Crippen LogP) is 2.19. The summed E-state index contributed by atoms with van der Waals surface area (Å²) < 4.78 is 11.2. The molecule has 2 unspecified atom stereocenters. The van der Waals surface area contributed by atoms with Crippen LogP contribution in [0, 0.1) is 5.41 Å². The lowest BCUT2D eigenvalue weighted by Crippen LogP contribution is -2.62. The second-order valence-electron chi connectivity index (χ2n) is 7.41. The van der Waals surface area contributed by atoms with Crippen LogP contribution in [-0.2, 0) is 9.47 Å². The quantitative estimate of drug-likeness (QED) is 0.817. The summed E-state index contributed by atoms with van der Waals surface area (Å²) in [5.74, 6) is 0.795. The molecule has 1 saturated heterocycles. The smallest absolute Gasteiger partial charge is 0.257 e. The number of carbonyl (C=O) groups is 1. The summed E-state index contributed by atoms with van der Waals surface area (Å²) in [5.41, 5.74) is 0.629. The third-order valence-corrected chi connectivity index (χ3v) is 5.61. The molecule has 1 amide bonds. The molecule has 2 heterocycles. The molecule has 1 aliphatic heterocycles. The first-order valence-corrected chi connectivity index (χ1v) is 9.13. The first kappa shape index (κ1) is 18.1. The van der Waals surface area contributed by atoms with Crippen LogP contribution in [0.4, 0.5) is 5.82 Å². The highest BCUT2D eigenvalue weighted by Gasteiger charge is 2.52. The third kappa shape index (κ3) is 3.37. The summed E-state index contributed by atoms with van der Waals surface area (Å²) in [6.07, 6.45) is 2.85. The minimum Gasteiger partial charge on any atom is -0.378 e. The number of morpholine rings is 1. The van der Waals surface area contributed by atoms with Crippen molar-refractivity contribution >= 4 is 11.7 Å². The van der Waals surface area contributed by atoms with Gasteiger partial charge >= 0.3 is 0 Å². The Morgan fingerprint density at radius 1 is 1.44 bits per heavy atom. The van der Waals surface area contributed by atoms with Crippen LogP contribution in [0.15, 0.2) is 18.3 Å². The van der Waals surface area contributed by atoms with Crippen molar-refractivity contribution in [1.82, 2.24) is 9.88 Å². The molecule has 1 aliphatic carbocycles. The van der Waals surface area contributed by atoms with E-state index in [4.69, 9.17) is 9.47 Å². The van der Waals surface area contributed by atoms with Gasteiger partial charge < -0.3 is 19.3 Å². The van der Waals surface area contributed by atoms with Crippen molar-refractivity contribution in [2.75, 3.05) is 44.9 Å². The number of anilines is 1. The molecule has 1 saturated carbocycles. The first-order valence-electron chi connectivity index (χ1n) is 9.13. The number of carbonyl (C=O) groups excluding carboxylic acids is 1. The average molecular weight is 347 g/mol. The summed E-state index contributed by atoms with van der Waals surface area (Å²) in [6.45, 7) is 9.96. The van der Waals surface area contributed by atoms with E-state index in [-0.39, 0.29) is 23.5 Å². The van der Waals surface area contributed by atoms with Gasteiger partial charge in [0.05, 0.1) is 24.9 Å². The van der Waals surface area contributed by atoms with Crippen LogP contribution in [0.3, 0.4) is 0 Å². The molecule has 6 nitrogen and oxygen atoms in total. The van der Waals surface area contributed by atoms with Crippen molar-refractivity contribution in [3.8, 4) is 0 Å². The van der Waals surface area contributed by atoms with Crippen LogP contribution in [-0.4, -0.2) is 67.9 Å². The lowest BCUT2D eigenvalue weighted by Gasteiger charge is -2.54. The zero-order chi connectivity index (χ0) is 18.0. The molecule has 6 heteroatoms. The fourth-order valence-corrected chi connectivity index (χ4v) is 3.93. The molecular formula is C19H29N3O3. The second-order valence-corrected chi connectivity index (χ2v) is 7.41. The second kappa shape index (κ2) is 7.30. The van der Waals surface area contributed by atoms with Crippen LogP contribution in [0.25, 0.3) is 0 Å². The molecule has 2 aliphatic rings. The first-order chi connectivity index (χ1) is 12.0. The van der Waals surface area contributed by atoms with E-state index in [1.807, 2.05) is 31.0 Å². The van der Waals surface area contributed by atoms with Crippen molar-refractivity contribution in [2.24, 2.45) is 5.41 Å². The van der Waals surface area contributed by atoms with Crippen LogP contribution in [0.1, 0.15) is 37.6 Å². The van der Waals surface area contributed by atoms with Gasteiger partial charge in [0, 0.05) is 44.4 Å². The van der Waals surface area contributed by atoms with Gasteiger partial charge in [0.15, 0.2) is 0 Å². The molecular weight excluding hydrogens is 318 g/mol. The molecule has 1 aromatic rings. The van der Waals surface area contributed by atoms with Gasteiger partial charge in [-0.15, -0.1) is 0 Å². The Morgan fingerprint density at radius 2 is 2.16 bits per heavy atom. The Kier molecular flexibility index (Phi) is 5.29. The van der Waals surface area contributed by atoms with Crippen molar-refractivity contribution < 1.29 is 14.3 Å². The van der Waals surface area contributed by atoms with Crippen molar-refractivity contribution in [2.45, 2.75) is 39.3 Å². The highest BCUT2D eigenvalue weighted by Crippen LogP contribution is 2.45. The monoisotopic (exact) mass is 347 g/mol. The van der Waals surface area contributed by atoms with Crippen LogP contribution in [0.2, 0.25) is 0 Å². The number of hydrogen-bond acceptors (Lipinski definition) is 5. The van der Waals surface area contributed by atoms with Crippen LogP contribution >= 0.6 is 0 Å². The lowest BCUT2D eigenvalue weighted by molar-refractivity contribution is -0.136. The SMILES string of the molecule is CCOC1CC(N(C)C(=O)c2cccnc2N2CCOCC2)C1(C)C. The highest BCUT2D eigenvalue weighted by atomic mass is 16.5. The van der Waals surface area contributed by atoms with Crippen molar-refractivity contribution in [1.29, 1.82) is 0 Å². The molecule has 0 spiro atoms. The molecule has 0 N–H and O–H groups in total. The van der Waals surface area contributed by atoms with Gasteiger partial charge in [-0.3, -0.25) is 4.79 Å². The summed E-state index contributed by atoms with van der Waals surface area (Å²) in [7, 11) is 1.90. The predicted molar refractivity (Wildman–Crippen MR) is 97.0 cm³/mol. The Hall–Kier alpha value is -1.66. The fourth-order valence-electron chi connectivity index (χ4n) is 3.93. The molecule has 0 radical (unpaired) electrons. The van der Waals surface area contributed by atoms with E-state index in [0.29, 0.717) is 25.4 Å². The molecule has 138 valence electrons. The number of ether oxygens (including phenoxy) is 2. The van der Waals surface area contributed by atoms with E-state index in [1.165, 1.54) is 0 Å². The summed E-state index contributed by atoms with van der Waals surface area (Å²) >= 11 is 0. The maximum atomic E-state index is 13.2. The van der Waals surface area contributed by atoms with E-state index < -0.39 is 0 Å². The van der Waals surface area contributed by atoms with Gasteiger partial charge in [-0.2, -0.15) is 0 Å². The van der Waals surface area contributed by atoms with E-state index >= 15 is 0 Å². The van der Waals surface area contributed by atoms with Gasteiger partial charge in [-0.05, 0) is 25.5 Å². The largest absolute Gasteiger partial charge is 0.378 e. The van der Waals surface area contributed by atoms with Gasteiger partial charge in [0.2, 0.25) is 0 Å². The van der Waals surface area contributed by atoms with Gasteiger partial charge in [0.1, 0.15) is 5.82 Å². The molecule has 3 rings (SSSR count). The summed E-state index contributed by atoms with van der Waals surface area (Å²) in [4.78, 5) is 21.7. The Morgan fingerprint density at radius 3 is 2.80 bits per heavy atom. The third-order valence-electron chi connectivity index (χ3n) is 5.61. The van der Waals surface area contributed by atoms with Gasteiger partial charge in [-0.25, -0.2) is 4.98 Å². The minimum atomic E-state index is -0.0399. The van der Waals surface area contributed by atoms with Crippen LogP contribution in [0.5, 0.6) is 0 Å².